The average molecular weight is 396 g/mol. The minimum absolute atomic E-state index is 0.0915. The second kappa shape index (κ2) is 9.77. The first-order chi connectivity index (χ1) is 13.6. The Balaban J connectivity index is 1.50. The number of amides is 1. The lowest BCUT2D eigenvalue weighted by molar-refractivity contribution is -0.120. The lowest BCUT2D eigenvalue weighted by Gasteiger charge is -2.06. The van der Waals surface area contributed by atoms with E-state index in [1.54, 1.807) is 0 Å². The van der Waals surface area contributed by atoms with E-state index in [9.17, 15) is 9.59 Å². The van der Waals surface area contributed by atoms with Crippen molar-refractivity contribution < 1.29 is 19.1 Å². The molecule has 2 aromatic carbocycles. The van der Waals surface area contributed by atoms with Crippen molar-refractivity contribution in [3.05, 3.63) is 65.5 Å². The number of para-hydroxylation sites is 1. The Morgan fingerprint density at radius 2 is 1.68 bits per heavy atom. The SMILES string of the molecule is CC(=O)c1sc(NC(=O)COCCOc2ccccc2)nc1-c1ccccc1. The van der Waals surface area contributed by atoms with Gasteiger partial charge in [-0.25, -0.2) is 4.98 Å². The molecule has 1 aromatic heterocycles. The summed E-state index contributed by atoms with van der Waals surface area (Å²) in [5.74, 6) is 0.331. The van der Waals surface area contributed by atoms with Crippen molar-refractivity contribution in [3.63, 3.8) is 0 Å². The van der Waals surface area contributed by atoms with Crippen LogP contribution in [-0.4, -0.2) is 36.5 Å². The molecule has 0 bridgehead atoms. The van der Waals surface area contributed by atoms with Crippen molar-refractivity contribution in [3.8, 4) is 17.0 Å². The number of carbonyl (C=O) groups excluding carboxylic acids is 2. The zero-order chi connectivity index (χ0) is 19.8. The van der Waals surface area contributed by atoms with Gasteiger partial charge in [0, 0.05) is 12.5 Å². The van der Waals surface area contributed by atoms with E-state index in [4.69, 9.17) is 9.47 Å². The average Bonchev–Trinajstić information content (AvgIpc) is 3.13. The topological polar surface area (TPSA) is 77.5 Å². The van der Waals surface area contributed by atoms with Gasteiger partial charge in [-0.1, -0.05) is 59.9 Å². The fourth-order valence-corrected chi connectivity index (χ4v) is 3.36. The van der Waals surface area contributed by atoms with Gasteiger partial charge in [0.2, 0.25) is 0 Å². The molecule has 28 heavy (non-hydrogen) atoms. The van der Waals surface area contributed by atoms with Crippen LogP contribution in [0.1, 0.15) is 16.6 Å². The van der Waals surface area contributed by atoms with Gasteiger partial charge in [0.15, 0.2) is 10.9 Å². The van der Waals surface area contributed by atoms with Gasteiger partial charge in [-0.15, -0.1) is 0 Å². The van der Waals surface area contributed by atoms with Crippen LogP contribution in [0.3, 0.4) is 0 Å². The number of aromatic nitrogens is 1. The Morgan fingerprint density at radius 3 is 2.36 bits per heavy atom. The summed E-state index contributed by atoms with van der Waals surface area (Å²) in [7, 11) is 0. The Bertz CT molecular complexity index is 926. The Hall–Kier alpha value is -3.03. The van der Waals surface area contributed by atoms with E-state index < -0.39 is 0 Å². The van der Waals surface area contributed by atoms with E-state index in [1.807, 2.05) is 60.7 Å². The molecule has 6 nitrogen and oxygen atoms in total. The number of Topliss-reactive ketones (excluding diaryl/α,β-unsaturated/α-hetero) is 1. The van der Waals surface area contributed by atoms with Crippen LogP contribution < -0.4 is 10.1 Å². The zero-order valence-corrected chi connectivity index (χ0v) is 16.2. The van der Waals surface area contributed by atoms with Gasteiger partial charge in [-0.2, -0.15) is 0 Å². The molecule has 7 heteroatoms. The molecule has 0 saturated carbocycles. The molecule has 144 valence electrons. The third-order valence-corrected chi connectivity index (χ3v) is 4.78. The Labute approximate surface area is 167 Å². The van der Waals surface area contributed by atoms with Crippen molar-refractivity contribution in [1.82, 2.24) is 4.98 Å². The molecule has 0 aliphatic carbocycles. The summed E-state index contributed by atoms with van der Waals surface area (Å²) in [5, 5.41) is 3.06. The van der Waals surface area contributed by atoms with Gasteiger partial charge >= 0.3 is 0 Å². The molecule has 0 unspecified atom stereocenters. The predicted octanol–water partition coefficient (Wildman–Crippen LogP) is 4.05. The van der Waals surface area contributed by atoms with Crippen LogP contribution in [0.25, 0.3) is 11.3 Å². The number of benzene rings is 2. The van der Waals surface area contributed by atoms with Crippen LogP contribution >= 0.6 is 11.3 Å². The zero-order valence-electron chi connectivity index (χ0n) is 15.4. The van der Waals surface area contributed by atoms with Gasteiger partial charge in [0.05, 0.1) is 17.2 Å². The fraction of sp³-hybridized carbons (Fsp3) is 0.190. The molecule has 1 N–H and O–H groups in total. The summed E-state index contributed by atoms with van der Waals surface area (Å²) in [5.41, 5.74) is 1.41. The number of hydrogen-bond acceptors (Lipinski definition) is 6. The molecule has 1 heterocycles. The molecule has 3 aromatic rings. The number of nitrogens with one attached hydrogen (secondary N) is 1. The van der Waals surface area contributed by atoms with Crippen molar-refractivity contribution in [2.24, 2.45) is 0 Å². The standard InChI is InChI=1S/C21H20N2O4S/c1-15(24)20-19(16-8-4-2-5-9-16)23-21(28-20)22-18(25)14-26-12-13-27-17-10-6-3-7-11-17/h2-11H,12-14H2,1H3,(H,22,23,25). The fourth-order valence-electron chi connectivity index (χ4n) is 2.46. The summed E-state index contributed by atoms with van der Waals surface area (Å²) < 4.78 is 10.8. The lowest BCUT2D eigenvalue weighted by atomic mass is 10.1. The maximum absolute atomic E-state index is 12.1. The van der Waals surface area contributed by atoms with E-state index in [-0.39, 0.29) is 24.9 Å². The number of hydrogen-bond donors (Lipinski definition) is 1. The first-order valence-electron chi connectivity index (χ1n) is 8.76. The van der Waals surface area contributed by atoms with Gasteiger partial charge in [0.25, 0.3) is 5.91 Å². The van der Waals surface area contributed by atoms with Gasteiger partial charge in [-0.3, -0.25) is 14.9 Å². The third kappa shape index (κ3) is 5.48. The highest BCUT2D eigenvalue weighted by molar-refractivity contribution is 7.18. The second-order valence-corrected chi connectivity index (χ2v) is 6.88. The summed E-state index contributed by atoms with van der Waals surface area (Å²) in [6.45, 7) is 2.00. The summed E-state index contributed by atoms with van der Waals surface area (Å²) in [6.07, 6.45) is 0. The smallest absolute Gasteiger partial charge is 0.252 e. The molecule has 0 saturated heterocycles. The minimum atomic E-state index is -0.330. The van der Waals surface area contributed by atoms with E-state index in [1.165, 1.54) is 6.92 Å². The molecule has 0 atom stereocenters. The molecule has 0 aliphatic heterocycles. The normalized spacial score (nSPS) is 10.5. The predicted molar refractivity (Wildman–Crippen MR) is 109 cm³/mol. The monoisotopic (exact) mass is 396 g/mol. The van der Waals surface area contributed by atoms with E-state index in [0.717, 1.165) is 22.6 Å². The Morgan fingerprint density at radius 1 is 1.00 bits per heavy atom. The van der Waals surface area contributed by atoms with Crippen molar-refractivity contribution in [2.75, 3.05) is 25.1 Å². The summed E-state index contributed by atoms with van der Waals surface area (Å²) >= 11 is 1.16. The highest BCUT2D eigenvalue weighted by Gasteiger charge is 2.17. The molecule has 1 amide bonds. The molecule has 3 rings (SSSR count). The number of ketones is 1. The molecular formula is C21H20N2O4S. The minimum Gasteiger partial charge on any atom is -0.491 e. The first-order valence-corrected chi connectivity index (χ1v) is 9.58. The van der Waals surface area contributed by atoms with Crippen LogP contribution in [0, 0.1) is 0 Å². The van der Waals surface area contributed by atoms with Gasteiger partial charge in [0.1, 0.15) is 19.0 Å². The van der Waals surface area contributed by atoms with Crippen LogP contribution in [0.2, 0.25) is 0 Å². The van der Waals surface area contributed by atoms with Crippen molar-refractivity contribution in [1.29, 1.82) is 0 Å². The van der Waals surface area contributed by atoms with E-state index >= 15 is 0 Å². The number of anilines is 1. The maximum Gasteiger partial charge on any atom is 0.252 e. The molecule has 0 radical (unpaired) electrons. The number of rotatable bonds is 9. The molecule has 0 spiro atoms. The third-order valence-electron chi connectivity index (χ3n) is 3.71. The van der Waals surface area contributed by atoms with E-state index in [2.05, 4.69) is 10.3 Å². The molecule has 0 aliphatic rings. The number of carbonyl (C=O) groups is 2. The summed E-state index contributed by atoms with van der Waals surface area (Å²) in [6, 6.07) is 18.8. The van der Waals surface area contributed by atoms with Gasteiger partial charge in [-0.05, 0) is 12.1 Å². The van der Waals surface area contributed by atoms with Crippen molar-refractivity contribution >= 4 is 28.2 Å². The van der Waals surface area contributed by atoms with Crippen LogP contribution in [0.5, 0.6) is 5.75 Å². The van der Waals surface area contributed by atoms with Crippen molar-refractivity contribution in [2.45, 2.75) is 6.92 Å². The number of ether oxygens (including phenoxy) is 2. The van der Waals surface area contributed by atoms with E-state index in [0.29, 0.717) is 22.3 Å². The number of thiazole rings is 1. The summed E-state index contributed by atoms with van der Waals surface area (Å²) in [4.78, 5) is 28.9. The largest absolute Gasteiger partial charge is 0.491 e. The molecule has 0 fully saturated rings. The quantitative estimate of drug-likeness (QED) is 0.436. The first kappa shape index (κ1) is 19.7. The number of nitrogens with zero attached hydrogens (tertiary/aromatic N) is 1. The lowest BCUT2D eigenvalue weighted by Crippen LogP contribution is -2.20. The highest BCUT2D eigenvalue weighted by Crippen LogP contribution is 2.31. The Kier molecular flexibility index (Phi) is 6.89. The second-order valence-electron chi connectivity index (χ2n) is 5.88. The van der Waals surface area contributed by atoms with Crippen LogP contribution in [-0.2, 0) is 9.53 Å². The van der Waals surface area contributed by atoms with Crippen LogP contribution in [0.4, 0.5) is 5.13 Å². The maximum atomic E-state index is 12.1. The van der Waals surface area contributed by atoms with Gasteiger partial charge < -0.3 is 9.47 Å². The van der Waals surface area contributed by atoms with Crippen LogP contribution in [0.15, 0.2) is 60.7 Å². The molecular weight excluding hydrogens is 376 g/mol. The highest BCUT2D eigenvalue weighted by atomic mass is 32.1.